The molecule has 2 aromatic rings. The zero-order valence-corrected chi connectivity index (χ0v) is 10.4. The number of carbonyl (C=O) groups excluding carboxylic acids is 2. The maximum absolute atomic E-state index is 11.1. The molecule has 0 heterocycles. The number of carbonyl (C=O) groups is 2. The number of hydrogen-bond acceptors (Lipinski definition) is 7. The lowest BCUT2D eigenvalue weighted by Gasteiger charge is -2.14. The molecule has 0 amide bonds. The van der Waals surface area contributed by atoms with Crippen LogP contribution in [0, 0.1) is 0 Å². The van der Waals surface area contributed by atoms with Crippen molar-refractivity contribution in [2.24, 2.45) is 0 Å². The van der Waals surface area contributed by atoms with Crippen LogP contribution < -0.4 is 0 Å². The Hall–Kier alpha value is -3.22. The Labute approximate surface area is 118 Å². The molecule has 2 aromatic carbocycles. The molecular weight excluding hydrogens is 280 g/mol. The number of hydrogen-bond donors (Lipinski definition) is 5. The highest BCUT2D eigenvalue weighted by Crippen LogP contribution is 2.48. The Bertz CT molecular complexity index is 750. The molecule has 108 valence electrons. The second kappa shape index (κ2) is 5.04. The van der Waals surface area contributed by atoms with Crippen LogP contribution >= 0.6 is 0 Å². The normalized spacial score (nSPS) is 10.3. The van der Waals surface area contributed by atoms with E-state index in [9.17, 15) is 35.1 Å². The molecule has 0 spiro atoms. The van der Waals surface area contributed by atoms with E-state index >= 15 is 0 Å². The zero-order chi connectivity index (χ0) is 15.7. The average molecular weight is 290 g/mol. The van der Waals surface area contributed by atoms with Gasteiger partial charge in [0, 0.05) is 28.3 Å². The van der Waals surface area contributed by atoms with Crippen LogP contribution in [-0.2, 0) is 0 Å². The Balaban J connectivity index is 2.94. The number of aromatic hydroxyl groups is 5. The van der Waals surface area contributed by atoms with Crippen molar-refractivity contribution in [1.82, 2.24) is 0 Å². The number of phenolic OH excluding ortho intramolecular Hbond substituents is 5. The second-order valence-electron chi connectivity index (χ2n) is 4.22. The van der Waals surface area contributed by atoms with Crippen LogP contribution in [0.4, 0.5) is 0 Å². The summed E-state index contributed by atoms with van der Waals surface area (Å²) in [7, 11) is 0. The fourth-order valence-corrected chi connectivity index (χ4v) is 2.02. The molecule has 0 aromatic heterocycles. The van der Waals surface area contributed by atoms with E-state index in [0.717, 1.165) is 18.2 Å². The topological polar surface area (TPSA) is 135 Å². The van der Waals surface area contributed by atoms with Crippen molar-refractivity contribution in [2.75, 3.05) is 0 Å². The van der Waals surface area contributed by atoms with Gasteiger partial charge < -0.3 is 25.5 Å². The smallest absolute Gasteiger partial charge is 0.200 e. The fourth-order valence-electron chi connectivity index (χ4n) is 2.02. The number of aldehydes is 2. The Morgan fingerprint density at radius 1 is 0.667 bits per heavy atom. The molecular formula is C14H10O7. The number of rotatable bonds is 3. The summed E-state index contributed by atoms with van der Waals surface area (Å²) in [4.78, 5) is 22.1. The van der Waals surface area contributed by atoms with Gasteiger partial charge in [-0.15, -0.1) is 0 Å². The van der Waals surface area contributed by atoms with Crippen LogP contribution in [0.1, 0.15) is 20.7 Å². The molecule has 7 heteroatoms. The van der Waals surface area contributed by atoms with Crippen molar-refractivity contribution in [3.8, 4) is 39.9 Å². The van der Waals surface area contributed by atoms with Crippen LogP contribution in [-0.4, -0.2) is 38.1 Å². The average Bonchev–Trinajstić information content (AvgIpc) is 2.45. The summed E-state index contributed by atoms with van der Waals surface area (Å²) in [6, 6.07) is 2.79. The summed E-state index contributed by atoms with van der Waals surface area (Å²) >= 11 is 0. The lowest BCUT2D eigenvalue weighted by atomic mass is 9.93. The fraction of sp³-hybridized carbons (Fsp3) is 0. The third-order valence-electron chi connectivity index (χ3n) is 2.92. The lowest BCUT2D eigenvalue weighted by molar-refractivity contribution is 0.111. The first-order valence-electron chi connectivity index (χ1n) is 5.65. The highest BCUT2D eigenvalue weighted by molar-refractivity contribution is 6.00. The van der Waals surface area contributed by atoms with Crippen LogP contribution in [0.25, 0.3) is 11.1 Å². The van der Waals surface area contributed by atoms with Crippen molar-refractivity contribution >= 4 is 12.6 Å². The summed E-state index contributed by atoms with van der Waals surface area (Å²) in [5.74, 6) is -3.49. The number of benzene rings is 2. The lowest BCUT2D eigenvalue weighted by Crippen LogP contribution is -1.95. The van der Waals surface area contributed by atoms with Gasteiger partial charge in [-0.2, -0.15) is 0 Å². The molecule has 0 saturated carbocycles. The van der Waals surface area contributed by atoms with E-state index < -0.39 is 28.7 Å². The van der Waals surface area contributed by atoms with Gasteiger partial charge in [-0.1, -0.05) is 0 Å². The van der Waals surface area contributed by atoms with Crippen molar-refractivity contribution in [1.29, 1.82) is 0 Å². The van der Waals surface area contributed by atoms with Crippen molar-refractivity contribution < 1.29 is 35.1 Å². The summed E-state index contributed by atoms with van der Waals surface area (Å²) in [6.07, 6.45) is 0.571. The van der Waals surface area contributed by atoms with Gasteiger partial charge in [0.25, 0.3) is 0 Å². The van der Waals surface area contributed by atoms with Crippen LogP contribution in [0.15, 0.2) is 18.2 Å². The van der Waals surface area contributed by atoms with Gasteiger partial charge in [-0.05, 0) is 12.1 Å². The summed E-state index contributed by atoms with van der Waals surface area (Å²) in [5.41, 5.74) is -1.06. The van der Waals surface area contributed by atoms with E-state index in [2.05, 4.69) is 0 Å². The maximum atomic E-state index is 11.1. The number of phenols is 5. The van der Waals surface area contributed by atoms with Gasteiger partial charge in [0.1, 0.15) is 11.5 Å². The van der Waals surface area contributed by atoms with E-state index in [1.807, 2.05) is 0 Å². The van der Waals surface area contributed by atoms with E-state index in [0.29, 0.717) is 6.29 Å². The molecule has 5 N–H and O–H groups in total. The van der Waals surface area contributed by atoms with E-state index in [-0.39, 0.29) is 28.5 Å². The second-order valence-corrected chi connectivity index (χ2v) is 4.22. The molecule has 0 saturated heterocycles. The van der Waals surface area contributed by atoms with Gasteiger partial charge in [0.15, 0.2) is 24.1 Å². The molecule has 21 heavy (non-hydrogen) atoms. The van der Waals surface area contributed by atoms with Crippen LogP contribution in [0.5, 0.6) is 28.7 Å². The summed E-state index contributed by atoms with van der Waals surface area (Å²) in [6.45, 7) is 0. The first kappa shape index (κ1) is 14.2. The van der Waals surface area contributed by atoms with Gasteiger partial charge in [0.05, 0.1) is 0 Å². The summed E-state index contributed by atoms with van der Waals surface area (Å²) in [5, 5.41) is 48.0. The predicted octanol–water partition coefficient (Wildman–Crippen LogP) is 1.51. The van der Waals surface area contributed by atoms with Crippen molar-refractivity contribution in [2.45, 2.75) is 0 Å². The molecule has 0 unspecified atom stereocenters. The minimum absolute atomic E-state index is 0.212. The minimum Gasteiger partial charge on any atom is -0.508 e. The third-order valence-corrected chi connectivity index (χ3v) is 2.92. The third kappa shape index (κ3) is 2.20. The molecule has 0 radical (unpaired) electrons. The predicted molar refractivity (Wildman–Crippen MR) is 71.0 cm³/mol. The van der Waals surface area contributed by atoms with E-state index in [1.165, 1.54) is 0 Å². The molecule has 0 atom stereocenters. The highest BCUT2D eigenvalue weighted by atomic mass is 16.3. The molecule has 2 rings (SSSR count). The van der Waals surface area contributed by atoms with Crippen LogP contribution in [0.2, 0.25) is 0 Å². The van der Waals surface area contributed by atoms with Gasteiger partial charge >= 0.3 is 0 Å². The standard InChI is InChI=1S/C14H10O7/c15-4-6-1-8(17)3-9(18)11(6)12-7(5-16)2-10(19)13(20)14(12)21/h1-5,17-21H. The Morgan fingerprint density at radius 2 is 1.24 bits per heavy atom. The molecule has 7 nitrogen and oxygen atoms in total. The van der Waals surface area contributed by atoms with Crippen molar-refractivity contribution in [3.63, 3.8) is 0 Å². The van der Waals surface area contributed by atoms with E-state index in [4.69, 9.17) is 0 Å². The molecule has 0 aliphatic rings. The minimum atomic E-state index is -0.903. The quantitative estimate of drug-likeness (QED) is 0.427. The monoisotopic (exact) mass is 290 g/mol. The molecule has 0 aliphatic heterocycles. The largest absolute Gasteiger partial charge is 0.508 e. The molecule has 0 fully saturated rings. The Kier molecular flexibility index (Phi) is 3.41. The molecule has 0 aliphatic carbocycles. The van der Waals surface area contributed by atoms with Crippen LogP contribution in [0.3, 0.4) is 0 Å². The summed E-state index contributed by atoms with van der Waals surface area (Å²) < 4.78 is 0. The Morgan fingerprint density at radius 3 is 1.81 bits per heavy atom. The van der Waals surface area contributed by atoms with E-state index in [1.54, 1.807) is 0 Å². The van der Waals surface area contributed by atoms with Crippen molar-refractivity contribution in [3.05, 3.63) is 29.3 Å². The first-order chi connectivity index (χ1) is 9.90. The van der Waals surface area contributed by atoms with Gasteiger partial charge in [-0.3, -0.25) is 9.59 Å². The SMILES string of the molecule is O=Cc1cc(O)cc(O)c1-c1c(C=O)cc(O)c(O)c1O. The first-order valence-corrected chi connectivity index (χ1v) is 5.65. The van der Waals surface area contributed by atoms with Gasteiger partial charge in [-0.25, -0.2) is 0 Å². The molecule has 0 bridgehead atoms. The zero-order valence-electron chi connectivity index (χ0n) is 10.4. The maximum Gasteiger partial charge on any atom is 0.200 e. The van der Waals surface area contributed by atoms with Gasteiger partial charge in [0.2, 0.25) is 5.75 Å². The highest BCUT2D eigenvalue weighted by Gasteiger charge is 2.23.